The summed E-state index contributed by atoms with van der Waals surface area (Å²) in [5.74, 6) is 0.936. The van der Waals surface area contributed by atoms with E-state index in [1.807, 2.05) is 29.2 Å². The summed E-state index contributed by atoms with van der Waals surface area (Å²) in [6.45, 7) is 1.66. The smallest absolute Gasteiger partial charge is 0.254 e. The summed E-state index contributed by atoms with van der Waals surface area (Å²) in [7, 11) is 0. The summed E-state index contributed by atoms with van der Waals surface area (Å²) in [5.41, 5.74) is 0.669. The lowest BCUT2D eigenvalue weighted by Crippen LogP contribution is -2.53. The van der Waals surface area contributed by atoms with Crippen LogP contribution in [0.4, 0.5) is 0 Å². The largest absolute Gasteiger partial charge is 0.490 e. The van der Waals surface area contributed by atoms with E-state index in [2.05, 4.69) is 0 Å². The number of carbonyl (C=O) groups is 1. The highest BCUT2D eigenvalue weighted by molar-refractivity contribution is 5.95. The highest BCUT2D eigenvalue weighted by Crippen LogP contribution is 2.33. The molecule has 2 aliphatic carbocycles. The molecule has 1 amide bonds. The third-order valence-corrected chi connectivity index (χ3v) is 6.39. The van der Waals surface area contributed by atoms with Crippen molar-refractivity contribution >= 4 is 5.91 Å². The summed E-state index contributed by atoms with van der Waals surface area (Å²) >= 11 is 0. The van der Waals surface area contributed by atoms with Gasteiger partial charge in [-0.15, -0.1) is 0 Å². The third-order valence-electron chi connectivity index (χ3n) is 6.39. The van der Waals surface area contributed by atoms with Gasteiger partial charge in [-0.25, -0.2) is 0 Å². The molecule has 1 saturated heterocycles. The quantitative estimate of drug-likeness (QED) is 0.879. The van der Waals surface area contributed by atoms with E-state index in [9.17, 15) is 9.90 Å². The number of amides is 1. The number of rotatable bonds is 4. The van der Waals surface area contributed by atoms with E-state index >= 15 is 0 Å². The van der Waals surface area contributed by atoms with Crippen LogP contribution in [0.5, 0.6) is 5.75 Å². The summed E-state index contributed by atoms with van der Waals surface area (Å²) in [4.78, 5) is 15.2. The number of ether oxygens (including phenoxy) is 2. The Kier molecular flexibility index (Phi) is 5.98. The van der Waals surface area contributed by atoms with Crippen LogP contribution in [0.25, 0.3) is 0 Å². The van der Waals surface area contributed by atoms with Gasteiger partial charge in [-0.3, -0.25) is 4.79 Å². The Bertz CT molecular complexity index is 643. The number of aliphatic hydroxyl groups excluding tert-OH is 1. The number of hydrogen-bond acceptors (Lipinski definition) is 4. The van der Waals surface area contributed by atoms with Crippen molar-refractivity contribution in [3.05, 3.63) is 29.8 Å². The van der Waals surface area contributed by atoms with Crippen molar-refractivity contribution < 1.29 is 19.4 Å². The monoisotopic (exact) mass is 373 g/mol. The maximum Gasteiger partial charge on any atom is 0.254 e. The highest BCUT2D eigenvalue weighted by atomic mass is 16.5. The van der Waals surface area contributed by atoms with E-state index in [1.54, 1.807) is 0 Å². The summed E-state index contributed by atoms with van der Waals surface area (Å²) in [5, 5.41) is 10.3. The summed E-state index contributed by atoms with van der Waals surface area (Å²) < 4.78 is 11.8. The van der Waals surface area contributed by atoms with Crippen molar-refractivity contribution in [3.8, 4) is 5.75 Å². The molecular weight excluding hydrogens is 342 g/mol. The zero-order valence-electron chi connectivity index (χ0n) is 16.0. The average molecular weight is 373 g/mol. The van der Waals surface area contributed by atoms with E-state index < -0.39 is 0 Å². The van der Waals surface area contributed by atoms with Gasteiger partial charge in [0.25, 0.3) is 5.91 Å². The summed E-state index contributed by atoms with van der Waals surface area (Å²) in [6, 6.07) is 7.57. The molecule has 3 unspecified atom stereocenters. The van der Waals surface area contributed by atoms with Gasteiger partial charge >= 0.3 is 0 Å². The molecule has 0 bridgehead atoms. The van der Waals surface area contributed by atoms with Crippen LogP contribution >= 0.6 is 0 Å². The summed E-state index contributed by atoms with van der Waals surface area (Å²) in [6.07, 6.45) is 8.70. The predicted molar refractivity (Wildman–Crippen MR) is 103 cm³/mol. The number of hydrogen-bond donors (Lipinski definition) is 1. The molecule has 0 radical (unpaired) electrons. The normalized spacial score (nSPS) is 29.7. The van der Waals surface area contributed by atoms with E-state index in [0.29, 0.717) is 25.3 Å². The van der Waals surface area contributed by atoms with Crippen molar-refractivity contribution in [1.82, 2.24) is 4.90 Å². The maximum atomic E-state index is 13.3. The number of aliphatic hydroxyl groups is 1. The molecule has 3 aliphatic rings. The van der Waals surface area contributed by atoms with E-state index in [-0.39, 0.29) is 30.1 Å². The van der Waals surface area contributed by atoms with Crippen LogP contribution in [0.2, 0.25) is 0 Å². The molecule has 1 N–H and O–H groups in total. The zero-order chi connectivity index (χ0) is 18.6. The fraction of sp³-hybridized carbons (Fsp3) is 0.682. The lowest BCUT2D eigenvalue weighted by Gasteiger charge is -2.40. The zero-order valence-corrected chi connectivity index (χ0v) is 16.0. The van der Waals surface area contributed by atoms with E-state index in [1.165, 1.54) is 19.3 Å². The van der Waals surface area contributed by atoms with Crippen molar-refractivity contribution in [2.75, 3.05) is 19.8 Å². The lowest BCUT2D eigenvalue weighted by molar-refractivity contribution is -0.0383. The highest BCUT2D eigenvalue weighted by Gasteiger charge is 2.39. The first kappa shape index (κ1) is 18.8. The molecule has 27 heavy (non-hydrogen) atoms. The minimum atomic E-state index is -0.326. The molecule has 1 aliphatic heterocycles. The molecule has 1 aromatic carbocycles. The van der Waals surface area contributed by atoms with Gasteiger partial charge in [0.15, 0.2) is 0 Å². The molecule has 5 nitrogen and oxygen atoms in total. The number of benzene rings is 1. The Balaban J connectivity index is 1.48. The first-order valence-electron chi connectivity index (χ1n) is 10.6. The second kappa shape index (κ2) is 8.61. The standard InChI is InChI=1S/C22H31NO4/c24-21-11-5-10-19(21)20-15-26-13-12-23(20)22(25)16-6-4-9-18(14-16)27-17-7-2-1-3-8-17/h4,6,9,14,17,19-21,24H,1-3,5,7-8,10-13,15H2. The van der Waals surface area contributed by atoms with Crippen LogP contribution in [0.1, 0.15) is 61.7 Å². The Morgan fingerprint density at radius 2 is 1.96 bits per heavy atom. The van der Waals surface area contributed by atoms with Gasteiger partial charge in [-0.1, -0.05) is 18.9 Å². The first-order valence-corrected chi connectivity index (χ1v) is 10.6. The third kappa shape index (κ3) is 4.30. The van der Waals surface area contributed by atoms with Gasteiger partial charge in [-0.2, -0.15) is 0 Å². The molecule has 5 heteroatoms. The fourth-order valence-corrected chi connectivity index (χ4v) is 4.89. The topological polar surface area (TPSA) is 59.0 Å². The van der Waals surface area contributed by atoms with Crippen molar-refractivity contribution in [2.24, 2.45) is 5.92 Å². The predicted octanol–water partition coefficient (Wildman–Crippen LogP) is 3.40. The molecule has 3 atom stereocenters. The van der Waals surface area contributed by atoms with E-state index in [4.69, 9.17) is 9.47 Å². The van der Waals surface area contributed by atoms with Gasteiger partial charge in [0.05, 0.1) is 31.5 Å². The van der Waals surface area contributed by atoms with Crippen LogP contribution in [-0.4, -0.2) is 53.9 Å². The Morgan fingerprint density at radius 1 is 1.11 bits per heavy atom. The Labute approximate surface area is 161 Å². The molecule has 0 spiro atoms. The molecule has 0 aromatic heterocycles. The second-order valence-electron chi connectivity index (χ2n) is 8.21. The number of carbonyl (C=O) groups excluding carboxylic acids is 1. The molecule has 3 fully saturated rings. The SMILES string of the molecule is O=C(c1cccc(OC2CCCCC2)c1)N1CCOCC1C1CCCC1O. The minimum absolute atomic E-state index is 0.0245. The van der Waals surface area contributed by atoms with E-state index in [0.717, 1.165) is 37.9 Å². The molecule has 148 valence electrons. The minimum Gasteiger partial charge on any atom is -0.490 e. The van der Waals surface area contributed by atoms with Gasteiger partial charge in [0.1, 0.15) is 5.75 Å². The van der Waals surface area contributed by atoms with Crippen LogP contribution in [0, 0.1) is 5.92 Å². The van der Waals surface area contributed by atoms with Crippen LogP contribution in [-0.2, 0) is 4.74 Å². The van der Waals surface area contributed by atoms with Crippen molar-refractivity contribution in [2.45, 2.75) is 69.6 Å². The lowest BCUT2D eigenvalue weighted by atomic mass is 9.93. The Hall–Kier alpha value is -1.59. The number of morpholine rings is 1. The van der Waals surface area contributed by atoms with Crippen molar-refractivity contribution in [3.63, 3.8) is 0 Å². The second-order valence-corrected chi connectivity index (χ2v) is 8.21. The molecule has 1 aromatic rings. The average Bonchev–Trinajstić information content (AvgIpc) is 3.14. The maximum absolute atomic E-state index is 13.3. The first-order chi connectivity index (χ1) is 13.2. The van der Waals surface area contributed by atoms with Gasteiger partial charge < -0.3 is 19.5 Å². The van der Waals surface area contributed by atoms with Gasteiger partial charge in [-0.05, 0) is 56.7 Å². The van der Waals surface area contributed by atoms with Crippen LogP contribution in [0.15, 0.2) is 24.3 Å². The van der Waals surface area contributed by atoms with Gasteiger partial charge in [0, 0.05) is 18.0 Å². The van der Waals surface area contributed by atoms with Gasteiger partial charge in [0.2, 0.25) is 0 Å². The Morgan fingerprint density at radius 3 is 2.74 bits per heavy atom. The molecule has 4 rings (SSSR count). The van der Waals surface area contributed by atoms with Crippen molar-refractivity contribution in [1.29, 1.82) is 0 Å². The number of nitrogens with zero attached hydrogens (tertiary/aromatic N) is 1. The fourth-order valence-electron chi connectivity index (χ4n) is 4.89. The molecule has 1 heterocycles. The molecular formula is C22H31NO4. The van der Waals surface area contributed by atoms with Crippen LogP contribution < -0.4 is 4.74 Å². The van der Waals surface area contributed by atoms with Crippen LogP contribution in [0.3, 0.4) is 0 Å². The molecule has 2 saturated carbocycles.